The van der Waals surface area contributed by atoms with Crippen molar-refractivity contribution >= 4 is 6.08 Å². The Morgan fingerprint density at radius 2 is 1.55 bits per heavy atom. The maximum absolute atomic E-state index is 4.98. The first-order valence-electron chi connectivity index (χ1n) is 7.20. The lowest BCUT2D eigenvalue weighted by Crippen LogP contribution is -2.24. The van der Waals surface area contributed by atoms with Crippen LogP contribution in [0.4, 0.5) is 0 Å². The van der Waals surface area contributed by atoms with Gasteiger partial charge in [0.15, 0.2) is 0 Å². The van der Waals surface area contributed by atoms with Gasteiger partial charge in [0.2, 0.25) is 0 Å². The van der Waals surface area contributed by atoms with Gasteiger partial charge in [0.05, 0.1) is 7.11 Å². The Morgan fingerprint density at radius 3 is 1.85 bits per heavy atom. The van der Waals surface area contributed by atoms with Crippen molar-refractivity contribution in [2.45, 2.75) is 26.2 Å². The first kappa shape index (κ1) is 18.5. The number of allylic oxidation sites excluding steroid dienone is 1. The average molecular weight is 275 g/mol. The molecule has 1 fully saturated rings. The molecule has 1 aliphatic rings. The van der Waals surface area contributed by atoms with Crippen LogP contribution in [0.2, 0.25) is 0 Å². The van der Waals surface area contributed by atoms with Crippen LogP contribution in [-0.2, 0) is 0 Å². The standard InChI is InChI=1S/C9H10O.C6H13N.C3H6/c1-3-8-4-6-9(10-2)7-5-8;1-7-5-3-2-4-6-7;1-3-2/h3-7H,1H2,2H3;2-6H2,1H3;3H,1H2,2H3. The van der Waals surface area contributed by atoms with Gasteiger partial charge in [-0.1, -0.05) is 37.3 Å². The van der Waals surface area contributed by atoms with Crippen molar-refractivity contribution in [1.82, 2.24) is 4.90 Å². The molecule has 20 heavy (non-hydrogen) atoms. The van der Waals surface area contributed by atoms with Crippen LogP contribution >= 0.6 is 0 Å². The lowest BCUT2D eigenvalue weighted by molar-refractivity contribution is 0.277. The molecule has 0 aromatic heterocycles. The van der Waals surface area contributed by atoms with E-state index in [-0.39, 0.29) is 0 Å². The fourth-order valence-electron chi connectivity index (χ4n) is 1.79. The van der Waals surface area contributed by atoms with Gasteiger partial charge >= 0.3 is 0 Å². The van der Waals surface area contributed by atoms with E-state index < -0.39 is 0 Å². The lowest BCUT2D eigenvalue weighted by Gasteiger charge is -2.20. The summed E-state index contributed by atoms with van der Waals surface area (Å²) >= 11 is 0. The largest absolute Gasteiger partial charge is 0.497 e. The summed E-state index contributed by atoms with van der Waals surface area (Å²) in [5, 5.41) is 0. The average Bonchev–Trinajstić information content (AvgIpc) is 2.49. The monoisotopic (exact) mass is 275 g/mol. The number of hydrogen-bond donors (Lipinski definition) is 0. The predicted octanol–water partition coefficient (Wildman–Crippen LogP) is 4.63. The Labute approximate surface area is 124 Å². The Balaban J connectivity index is 0.000000315. The molecule has 2 heteroatoms. The molecule has 1 aliphatic heterocycles. The summed E-state index contributed by atoms with van der Waals surface area (Å²) in [6.45, 7) is 11.5. The highest BCUT2D eigenvalue weighted by molar-refractivity contribution is 5.48. The van der Waals surface area contributed by atoms with Crippen LogP contribution in [0.25, 0.3) is 6.08 Å². The number of nitrogens with zero attached hydrogens (tertiary/aromatic N) is 1. The summed E-state index contributed by atoms with van der Waals surface area (Å²) < 4.78 is 4.98. The number of benzene rings is 1. The first-order chi connectivity index (χ1) is 9.67. The van der Waals surface area contributed by atoms with Crippen molar-refractivity contribution in [3.05, 3.63) is 49.1 Å². The maximum atomic E-state index is 4.98. The van der Waals surface area contributed by atoms with Gasteiger partial charge in [-0.25, -0.2) is 0 Å². The van der Waals surface area contributed by atoms with Gasteiger partial charge in [0.1, 0.15) is 5.75 Å². The highest BCUT2D eigenvalue weighted by atomic mass is 16.5. The summed E-state index contributed by atoms with van der Waals surface area (Å²) in [6.07, 6.45) is 7.83. The second-order valence-corrected chi connectivity index (χ2v) is 4.75. The molecule has 0 spiro atoms. The topological polar surface area (TPSA) is 12.5 Å². The number of ether oxygens (including phenoxy) is 1. The molecule has 0 saturated carbocycles. The third kappa shape index (κ3) is 9.40. The van der Waals surface area contributed by atoms with E-state index in [0.717, 1.165) is 11.3 Å². The molecule has 0 radical (unpaired) electrons. The second-order valence-electron chi connectivity index (χ2n) is 4.75. The summed E-state index contributed by atoms with van der Waals surface area (Å²) in [5.74, 6) is 0.880. The summed E-state index contributed by atoms with van der Waals surface area (Å²) in [6, 6.07) is 7.76. The van der Waals surface area contributed by atoms with Gasteiger partial charge in [-0.05, 0) is 57.6 Å². The van der Waals surface area contributed by atoms with Crippen LogP contribution in [0, 0.1) is 0 Å². The number of piperidine rings is 1. The zero-order chi connectivity index (χ0) is 15.2. The van der Waals surface area contributed by atoms with Gasteiger partial charge in [-0.3, -0.25) is 0 Å². The molecule has 112 valence electrons. The van der Waals surface area contributed by atoms with Crippen molar-refractivity contribution in [3.8, 4) is 5.75 Å². The van der Waals surface area contributed by atoms with Crippen molar-refractivity contribution in [1.29, 1.82) is 0 Å². The lowest BCUT2D eigenvalue weighted by atomic mass is 10.1. The zero-order valence-electron chi connectivity index (χ0n) is 13.3. The van der Waals surface area contributed by atoms with E-state index in [4.69, 9.17) is 4.74 Å². The minimum Gasteiger partial charge on any atom is -0.497 e. The molecule has 1 aromatic rings. The molecule has 0 unspecified atom stereocenters. The number of likely N-dealkylation sites (tertiary alicyclic amines) is 1. The molecule has 1 aromatic carbocycles. The highest BCUT2D eigenvalue weighted by Crippen LogP contribution is 2.11. The summed E-state index contributed by atoms with van der Waals surface area (Å²) in [5.41, 5.74) is 1.11. The molecule has 0 bridgehead atoms. The van der Waals surface area contributed by atoms with Crippen LogP contribution < -0.4 is 4.74 Å². The molecule has 0 atom stereocenters. The van der Waals surface area contributed by atoms with E-state index in [1.165, 1.54) is 32.4 Å². The van der Waals surface area contributed by atoms with Gasteiger partial charge in [-0.15, -0.1) is 6.58 Å². The van der Waals surface area contributed by atoms with E-state index >= 15 is 0 Å². The van der Waals surface area contributed by atoms with E-state index in [0.29, 0.717) is 0 Å². The molecule has 0 N–H and O–H groups in total. The normalized spacial score (nSPS) is 13.9. The summed E-state index contributed by atoms with van der Waals surface area (Å²) in [4.78, 5) is 2.39. The smallest absolute Gasteiger partial charge is 0.118 e. The number of hydrogen-bond acceptors (Lipinski definition) is 2. The Bertz CT molecular complexity index is 350. The highest BCUT2D eigenvalue weighted by Gasteiger charge is 2.02. The number of methoxy groups -OCH3 is 1. The molecule has 1 saturated heterocycles. The van der Waals surface area contributed by atoms with Crippen molar-refractivity contribution in [3.63, 3.8) is 0 Å². The molecule has 2 rings (SSSR count). The predicted molar refractivity (Wildman–Crippen MR) is 90.3 cm³/mol. The van der Waals surface area contributed by atoms with Crippen LogP contribution in [-0.4, -0.2) is 32.1 Å². The van der Waals surface area contributed by atoms with E-state index in [9.17, 15) is 0 Å². The molecule has 0 aliphatic carbocycles. The van der Waals surface area contributed by atoms with Crippen molar-refractivity contribution in [2.24, 2.45) is 0 Å². The summed E-state index contributed by atoms with van der Waals surface area (Å²) in [7, 11) is 3.85. The van der Waals surface area contributed by atoms with Crippen LogP contribution in [0.1, 0.15) is 31.7 Å². The molecule has 1 heterocycles. The van der Waals surface area contributed by atoms with Gasteiger partial charge in [-0.2, -0.15) is 0 Å². The molecule has 2 nitrogen and oxygen atoms in total. The fraction of sp³-hybridized carbons (Fsp3) is 0.444. The quantitative estimate of drug-likeness (QED) is 0.729. The SMILES string of the molecule is C=CC.C=Cc1ccc(OC)cc1.CN1CCCCC1. The van der Waals surface area contributed by atoms with E-state index in [1.807, 2.05) is 31.2 Å². The van der Waals surface area contributed by atoms with Gasteiger partial charge in [0.25, 0.3) is 0 Å². The van der Waals surface area contributed by atoms with E-state index in [2.05, 4.69) is 25.1 Å². The zero-order valence-corrected chi connectivity index (χ0v) is 13.3. The van der Waals surface area contributed by atoms with Gasteiger partial charge in [0, 0.05) is 0 Å². The minimum absolute atomic E-state index is 0.880. The van der Waals surface area contributed by atoms with Crippen LogP contribution in [0.3, 0.4) is 0 Å². The van der Waals surface area contributed by atoms with Crippen LogP contribution in [0.15, 0.2) is 43.5 Å². The van der Waals surface area contributed by atoms with Crippen LogP contribution in [0.5, 0.6) is 5.75 Å². The Kier molecular flexibility index (Phi) is 11.5. The Hall–Kier alpha value is -1.54. The third-order valence-electron chi connectivity index (χ3n) is 2.93. The van der Waals surface area contributed by atoms with Gasteiger partial charge < -0.3 is 9.64 Å². The third-order valence-corrected chi connectivity index (χ3v) is 2.93. The second kappa shape index (κ2) is 12.5. The van der Waals surface area contributed by atoms with E-state index in [1.54, 1.807) is 19.3 Å². The molecular weight excluding hydrogens is 246 g/mol. The molecule has 0 amide bonds. The first-order valence-corrected chi connectivity index (χ1v) is 7.20. The molecular formula is C18H29NO. The minimum atomic E-state index is 0.880. The maximum Gasteiger partial charge on any atom is 0.118 e. The van der Waals surface area contributed by atoms with Crippen molar-refractivity contribution < 1.29 is 4.74 Å². The Morgan fingerprint density at radius 1 is 1.05 bits per heavy atom. The fourth-order valence-corrected chi connectivity index (χ4v) is 1.79. The number of rotatable bonds is 2. The van der Waals surface area contributed by atoms with Crippen molar-refractivity contribution in [2.75, 3.05) is 27.2 Å².